The molecule has 34 heavy (non-hydrogen) atoms. The van der Waals surface area contributed by atoms with Crippen LogP contribution in [0, 0.1) is 5.92 Å². The summed E-state index contributed by atoms with van der Waals surface area (Å²) in [5, 5.41) is 12.6. The van der Waals surface area contributed by atoms with Crippen LogP contribution in [-0.4, -0.2) is 69.6 Å². The number of carbonyl (C=O) groups is 3. The Kier molecular flexibility index (Phi) is 4.19. The van der Waals surface area contributed by atoms with E-state index >= 15 is 0 Å². The minimum atomic E-state index is -1.03. The molecule has 1 aromatic rings. The van der Waals surface area contributed by atoms with Crippen LogP contribution in [0.2, 0.25) is 0 Å². The standard InChI is InChI=1S/C26H30N2O6/c1-14(29)33-18-5-4-16-12-19-26(32)9-8-17(28-20(30)6-7-21(28)31)24-25(26,22(16)23(18)34-24)10-11-27(19)13-15-2-3-15/h4-5,15,17,19,24,32H,2-3,6-13H2,1H3/t17-,19-,24+,25+,26?/m1/s1. The first-order chi connectivity index (χ1) is 16.3. The van der Waals surface area contributed by atoms with Crippen molar-refractivity contribution in [2.45, 2.75) is 87.5 Å². The van der Waals surface area contributed by atoms with E-state index in [2.05, 4.69) is 4.90 Å². The fraction of sp³-hybridized carbons (Fsp3) is 0.654. The van der Waals surface area contributed by atoms with Gasteiger partial charge in [-0.2, -0.15) is 0 Å². The molecule has 1 aromatic carbocycles. The zero-order chi connectivity index (χ0) is 23.4. The molecule has 2 bridgehead atoms. The van der Waals surface area contributed by atoms with Gasteiger partial charge in [0.15, 0.2) is 11.5 Å². The molecule has 2 saturated carbocycles. The molecule has 1 spiro atoms. The molecule has 180 valence electrons. The van der Waals surface area contributed by atoms with Gasteiger partial charge in [-0.25, -0.2) is 0 Å². The number of ether oxygens (including phenoxy) is 2. The summed E-state index contributed by atoms with van der Waals surface area (Å²) in [6.45, 7) is 3.21. The first-order valence-corrected chi connectivity index (χ1v) is 12.7. The summed E-state index contributed by atoms with van der Waals surface area (Å²) in [4.78, 5) is 41.3. The van der Waals surface area contributed by atoms with Crippen molar-refractivity contribution in [3.63, 3.8) is 0 Å². The largest absolute Gasteiger partial charge is 0.483 e. The van der Waals surface area contributed by atoms with Crippen LogP contribution >= 0.6 is 0 Å². The van der Waals surface area contributed by atoms with E-state index in [1.165, 1.54) is 24.7 Å². The van der Waals surface area contributed by atoms with E-state index in [4.69, 9.17) is 9.47 Å². The highest BCUT2D eigenvalue weighted by molar-refractivity contribution is 6.02. The number of aliphatic hydroxyl groups is 1. The fourth-order valence-corrected chi connectivity index (χ4v) is 7.91. The number of amides is 2. The number of benzene rings is 1. The molecule has 3 aliphatic carbocycles. The third-order valence-electron chi connectivity index (χ3n) is 9.39. The molecule has 5 atom stereocenters. The quantitative estimate of drug-likeness (QED) is 0.410. The molecule has 8 nitrogen and oxygen atoms in total. The van der Waals surface area contributed by atoms with E-state index in [0.717, 1.165) is 30.6 Å². The Bertz CT molecular complexity index is 1110. The molecule has 3 heterocycles. The summed E-state index contributed by atoms with van der Waals surface area (Å²) >= 11 is 0. The molecular weight excluding hydrogens is 436 g/mol. The van der Waals surface area contributed by atoms with E-state index in [0.29, 0.717) is 36.7 Å². The van der Waals surface area contributed by atoms with Gasteiger partial charge in [-0.3, -0.25) is 24.2 Å². The summed E-state index contributed by atoms with van der Waals surface area (Å²) in [5.41, 5.74) is 0.288. The van der Waals surface area contributed by atoms with E-state index < -0.39 is 29.1 Å². The van der Waals surface area contributed by atoms with Gasteiger partial charge in [0.05, 0.1) is 17.1 Å². The number of nitrogens with zero attached hydrogens (tertiary/aromatic N) is 2. The summed E-state index contributed by atoms with van der Waals surface area (Å²) < 4.78 is 12.2. The Balaban J connectivity index is 1.40. The number of esters is 1. The van der Waals surface area contributed by atoms with E-state index in [-0.39, 0.29) is 30.7 Å². The second kappa shape index (κ2) is 6.82. The number of imide groups is 1. The molecule has 1 unspecified atom stereocenters. The second-order valence-corrected chi connectivity index (χ2v) is 11.1. The van der Waals surface area contributed by atoms with Crippen LogP contribution in [0.25, 0.3) is 0 Å². The molecule has 8 heteroatoms. The number of rotatable bonds is 4. The smallest absolute Gasteiger partial charge is 0.308 e. The lowest BCUT2D eigenvalue weighted by molar-refractivity contribution is -0.201. The molecule has 0 radical (unpaired) electrons. The monoisotopic (exact) mass is 466 g/mol. The van der Waals surface area contributed by atoms with Crippen molar-refractivity contribution in [1.29, 1.82) is 0 Å². The topological polar surface area (TPSA) is 96.4 Å². The van der Waals surface area contributed by atoms with Crippen molar-refractivity contribution in [3.05, 3.63) is 23.3 Å². The van der Waals surface area contributed by atoms with Gasteiger partial charge >= 0.3 is 5.97 Å². The minimum absolute atomic E-state index is 0.0306. The number of piperidine rings is 1. The minimum Gasteiger partial charge on any atom is -0.483 e. The SMILES string of the molecule is CC(=O)Oc1ccc2c3c1O[C@H]1[C@H](N4C(=O)CCC4=O)CCC4(O)[C@@H](C2)N(CC2CC2)CC[C@]314. The second-order valence-electron chi connectivity index (χ2n) is 11.1. The van der Waals surface area contributed by atoms with Gasteiger partial charge in [0.25, 0.3) is 0 Å². The van der Waals surface area contributed by atoms with Crippen molar-refractivity contribution >= 4 is 17.8 Å². The van der Waals surface area contributed by atoms with Crippen molar-refractivity contribution in [2.24, 2.45) is 5.92 Å². The number of likely N-dealkylation sites (tertiary alicyclic amines) is 2. The molecule has 2 amide bonds. The Labute approximate surface area is 198 Å². The van der Waals surface area contributed by atoms with E-state index in [1.807, 2.05) is 6.07 Å². The average Bonchev–Trinajstić information content (AvgIpc) is 3.45. The fourth-order valence-electron chi connectivity index (χ4n) is 7.91. The zero-order valence-corrected chi connectivity index (χ0v) is 19.4. The Morgan fingerprint density at radius 3 is 2.65 bits per heavy atom. The average molecular weight is 467 g/mol. The number of hydrogen-bond donors (Lipinski definition) is 1. The number of carbonyl (C=O) groups excluding carboxylic acids is 3. The van der Waals surface area contributed by atoms with Crippen LogP contribution in [0.5, 0.6) is 11.5 Å². The van der Waals surface area contributed by atoms with E-state index in [9.17, 15) is 19.5 Å². The van der Waals surface area contributed by atoms with Crippen LogP contribution in [-0.2, 0) is 26.2 Å². The Hall–Kier alpha value is -2.45. The molecule has 7 rings (SSSR count). The van der Waals surface area contributed by atoms with Gasteiger partial charge in [0.2, 0.25) is 11.8 Å². The highest BCUT2D eigenvalue weighted by Crippen LogP contribution is 2.66. The van der Waals surface area contributed by atoms with Crippen LogP contribution in [0.1, 0.15) is 63.0 Å². The lowest BCUT2D eigenvalue weighted by Crippen LogP contribution is -2.78. The van der Waals surface area contributed by atoms with Gasteiger partial charge in [-0.05, 0) is 62.6 Å². The molecule has 3 aliphatic heterocycles. The normalized spacial score (nSPS) is 38.1. The molecule has 2 saturated heterocycles. The van der Waals surface area contributed by atoms with Crippen LogP contribution in [0.15, 0.2) is 12.1 Å². The predicted molar refractivity (Wildman–Crippen MR) is 119 cm³/mol. The highest BCUT2D eigenvalue weighted by Gasteiger charge is 2.74. The first-order valence-electron chi connectivity index (χ1n) is 12.7. The lowest BCUT2D eigenvalue weighted by Gasteiger charge is -2.64. The van der Waals surface area contributed by atoms with Gasteiger partial charge in [0, 0.05) is 37.9 Å². The maximum Gasteiger partial charge on any atom is 0.308 e. The summed E-state index contributed by atoms with van der Waals surface area (Å²) in [6.07, 6.45) is 4.86. The molecule has 1 N–H and O–H groups in total. The number of hydrogen-bond acceptors (Lipinski definition) is 7. The molecular formula is C26H30N2O6. The van der Waals surface area contributed by atoms with Gasteiger partial charge < -0.3 is 14.6 Å². The van der Waals surface area contributed by atoms with Crippen molar-refractivity contribution < 1.29 is 29.0 Å². The summed E-state index contributed by atoms with van der Waals surface area (Å²) in [5.74, 6) is 0.834. The van der Waals surface area contributed by atoms with Gasteiger partial charge in [-0.1, -0.05) is 6.07 Å². The third-order valence-corrected chi connectivity index (χ3v) is 9.39. The van der Waals surface area contributed by atoms with Crippen LogP contribution in [0.4, 0.5) is 0 Å². The maximum absolute atomic E-state index is 12.8. The summed E-state index contributed by atoms with van der Waals surface area (Å²) in [6, 6.07) is 3.34. The van der Waals surface area contributed by atoms with E-state index in [1.54, 1.807) is 6.07 Å². The lowest BCUT2D eigenvalue weighted by atomic mass is 9.48. The molecule has 4 fully saturated rings. The maximum atomic E-state index is 12.8. The van der Waals surface area contributed by atoms with Crippen molar-refractivity contribution in [2.75, 3.05) is 13.1 Å². The first kappa shape index (κ1) is 20.9. The Morgan fingerprint density at radius 2 is 1.94 bits per heavy atom. The van der Waals surface area contributed by atoms with Crippen molar-refractivity contribution in [3.8, 4) is 11.5 Å². The summed E-state index contributed by atoms with van der Waals surface area (Å²) in [7, 11) is 0. The highest BCUT2D eigenvalue weighted by atomic mass is 16.6. The van der Waals surface area contributed by atoms with Crippen LogP contribution < -0.4 is 9.47 Å². The van der Waals surface area contributed by atoms with Gasteiger partial charge in [-0.15, -0.1) is 0 Å². The molecule has 0 aromatic heterocycles. The molecule has 6 aliphatic rings. The third kappa shape index (κ3) is 2.53. The van der Waals surface area contributed by atoms with Gasteiger partial charge in [0.1, 0.15) is 6.10 Å². The predicted octanol–water partition coefficient (Wildman–Crippen LogP) is 1.69. The van der Waals surface area contributed by atoms with Crippen LogP contribution in [0.3, 0.4) is 0 Å². The Morgan fingerprint density at radius 1 is 1.18 bits per heavy atom. The van der Waals surface area contributed by atoms with Crippen molar-refractivity contribution in [1.82, 2.24) is 9.80 Å². The zero-order valence-electron chi connectivity index (χ0n) is 19.4.